The van der Waals surface area contributed by atoms with E-state index in [9.17, 15) is 4.79 Å². The third-order valence-corrected chi connectivity index (χ3v) is 3.62. The third kappa shape index (κ3) is 0.609. The number of carbonyl (C=O) groups excluding carboxylic acids is 1. The highest BCUT2D eigenvalue weighted by molar-refractivity contribution is 5.81. The smallest absolute Gasteiger partial charge is 0.133 e. The zero-order valence-corrected chi connectivity index (χ0v) is 6.68. The van der Waals surface area contributed by atoms with Gasteiger partial charge in [-0.25, -0.2) is 0 Å². The molecule has 0 aromatic rings. The number of ketones is 1. The summed E-state index contributed by atoms with van der Waals surface area (Å²) in [6.45, 7) is 4.61. The van der Waals surface area contributed by atoms with Crippen LogP contribution in [0.2, 0.25) is 0 Å². The molecule has 0 amide bonds. The Hall–Kier alpha value is -0.330. The highest BCUT2D eigenvalue weighted by Crippen LogP contribution is 2.57. The van der Waals surface area contributed by atoms with Crippen LogP contribution in [0.5, 0.6) is 0 Å². The quantitative estimate of drug-likeness (QED) is 0.500. The van der Waals surface area contributed by atoms with E-state index in [-0.39, 0.29) is 0 Å². The fourth-order valence-electron chi connectivity index (χ4n) is 2.45. The number of rotatable bonds is 0. The SMILES string of the molecule is CC1(C)[C@@H]2CC(=O)C[C@H]1C2. The van der Waals surface area contributed by atoms with E-state index in [1.165, 1.54) is 6.42 Å². The predicted molar refractivity (Wildman–Crippen MR) is 39.6 cm³/mol. The van der Waals surface area contributed by atoms with E-state index in [1.807, 2.05) is 0 Å². The minimum atomic E-state index is 0.494. The second-order valence-electron chi connectivity index (χ2n) is 4.40. The van der Waals surface area contributed by atoms with E-state index < -0.39 is 0 Å². The first kappa shape index (κ1) is 6.38. The van der Waals surface area contributed by atoms with Gasteiger partial charge in [-0.3, -0.25) is 4.79 Å². The van der Waals surface area contributed by atoms with Crippen molar-refractivity contribution in [3.8, 4) is 0 Å². The van der Waals surface area contributed by atoms with E-state index in [4.69, 9.17) is 0 Å². The van der Waals surface area contributed by atoms with E-state index in [0.29, 0.717) is 11.2 Å². The number of hydrogen-bond donors (Lipinski definition) is 0. The van der Waals surface area contributed by atoms with Gasteiger partial charge in [0, 0.05) is 12.8 Å². The predicted octanol–water partition coefficient (Wildman–Crippen LogP) is 2.01. The Morgan fingerprint density at radius 2 is 1.80 bits per heavy atom. The molecule has 3 saturated carbocycles. The van der Waals surface area contributed by atoms with Gasteiger partial charge in [0.25, 0.3) is 0 Å². The Labute approximate surface area is 61.8 Å². The second kappa shape index (κ2) is 1.63. The van der Waals surface area contributed by atoms with Gasteiger partial charge in [0.05, 0.1) is 0 Å². The highest BCUT2D eigenvalue weighted by Gasteiger charge is 2.52. The van der Waals surface area contributed by atoms with Crippen LogP contribution in [0.4, 0.5) is 0 Å². The van der Waals surface area contributed by atoms with Crippen LogP contribution in [0.15, 0.2) is 0 Å². The van der Waals surface area contributed by atoms with Crippen molar-refractivity contribution in [1.82, 2.24) is 0 Å². The van der Waals surface area contributed by atoms with Crippen molar-refractivity contribution in [2.45, 2.75) is 33.1 Å². The fraction of sp³-hybridized carbons (Fsp3) is 0.889. The summed E-state index contributed by atoms with van der Waals surface area (Å²) in [4.78, 5) is 11.0. The Kier molecular flexibility index (Phi) is 1.04. The van der Waals surface area contributed by atoms with Gasteiger partial charge in [-0.2, -0.15) is 0 Å². The molecule has 56 valence electrons. The number of Topliss-reactive ketones (excluding diaryl/α,β-unsaturated/α-hetero) is 1. The molecule has 0 N–H and O–H groups in total. The average Bonchev–Trinajstić information content (AvgIpc) is 1.87. The Morgan fingerprint density at radius 3 is 2.10 bits per heavy atom. The molecule has 1 nitrogen and oxygen atoms in total. The number of hydrogen-bond acceptors (Lipinski definition) is 1. The van der Waals surface area contributed by atoms with E-state index in [0.717, 1.165) is 24.7 Å². The summed E-state index contributed by atoms with van der Waals surface area (Å²) < 4.78 is 0. The van der Waals surface area contributed by atoms with Gasteiger partial charge in [-0.05, 0) is 23.7 Å². The van der Waals surface area contributed by atoms with Crippen molar-refractivity contribution in [2.24, 2.45) is 17.3 Å². The van der Waals surface area contributed by atoms with Gasteiger partial charge < -0.3 is 0 Å². The number of fused-ring (bicyclic) bond motifs is 2. The fourth-order valence-corrected chi connectivity index (χ4v) is 2.45. The zero-order valence-electron chi connectivity index (χ0n) is 6.68. The Bertz CT molecular complexity index is 165. The first-order valence-corrected chi connectivity index (χ1v) is 4.12. The first-order chi connectivity index (χ1) is 4.60. The largest absolute Gasteiger partial charge is 0.300 e. The molecule has 0 saturated heterocycles. The lowest BCUT2D eigenvalue weighted by molar-refractivity contribution is -0.140. The summed E-state index contributed by atoms with van der Waals surface area (Å²) in [6.07, 6.45) is 3.05. The molecule has 1 heteroatoms. The first-order valence-electron chi connectivity index (χ1n) is 4.12. The molecule has 0 aromatic carbocycles. The second-order valence-corrected chi connectivity index (χ2v) is 4.40. The molecule has 0 spiro atoms. The molecule has 0 unspecified atom stereocenters. The van der Waals surface area contributed by atoms with Crippen molar-refractivity contribution in [2.75, 3.05) is 0 Å². The molecular formula is C9H14O. The van der Waals surface area contributed by atoms with Gasteiger partial charge in [0.1, 0.15) is 5.78 Å². The molecule has 0 heterocycles. The molecule has 0 aliphatic heterocycles. The molecule has 10 heavy (non-hydrogen) atoms. The lowest BCUT2D eigenvalue weighted by Gasteiger charge is -2.55. The maximum absolute atomic E-state index is 11.0. The maximum Gasteiger partial charge on any atom is 0.133 e. The lowest BCUT2D eigenvalue weighted by atomic mass is 9.49. The standard InChI is InChI=1S/C9H14O/c1-9(2)6-3-7(9)5-8(10)4-6/h6-7H,3-5H2,1-2H3/t6-,7+. The maximum atomic E-state index is 11.0. The van der Waals surface area contributed by atoms with Crippen LogP contribution in [-0.2, 0) is 4.79 Å². The minimum absolute atomic E-state index is 0.494. The van der Waals surface area contributed by atoms with Crippen molar-refractivity contribution >= 4 is 5.78 Å². The van der Waals surface area contributed by atoms with Crippen molar-refractivity contribution in [3.05, 3.63) is 0 Å². The normalized spacial score (nSPS) is 42.8. The molecule has 0 radical (unpaired) electrons. The Balaban J connectivity index is 2.17. The van der Waals surface area contributed by atoms with Crippen LogP contribution in [0, 0.1) is 17.3 Å². The van der Waals surface area contributed by atoms with Gasteiger partial charge >= 0.3 is 0 Å². The monoisotopic (exact) mass is 138 g/mol. The summed E-state index contributed by atoms with van der Waals surface area (Å²) in [7, 11) is 0. The molecule has 0 aromatic heterocycles. The van der Waals surface area contributed by atoms with Gasteiger partial charge in [-0.15, -0.1) is 0 Å². The van der Waals surface area contributed by atoms with Gasteiger partial charge in [-0.1, -0.05) is 13.8 Å². The van der Waals surface area contributed by atoms with E-state index in [1.54, 1.807) is 0 Å². The topological polar surface area (TPSA) is 17.1 Å². The molecular weight excluding hydrogens is 124 g/mol. The highest BCUT2D eigenvalue weighted by atomic mass is 16.1. The zero-order chi connectivity index (χ0) is 7.35. The van der Waals surface area contributed by atoms with Crippen molar-refractivity contribution in [1.29, 1.82) is 0 Å². The van der Waals surface area contributed by atoms with E-state index in [2.05, 4.69) is 13.8 Å². The third-order valence-electron chi connectivity index (χ3n) is 3.62. The van der Waals surface area contributed by atoms with Gasteiger partial charge in [0.15, 0.2) is 0 Å². The van der Waals surface area contributed by atoms with Crippen LogP contribution in [-0.4, -0.2) is 5.78 Å². The van der Waals surface area contributed by atoms with Crippen LogP contribution < -0.4 is 0 Å². The number of carbonyl (C=O) groups is 1. The minimum Gasteiger partial charge on any atom is -0.300 e. The molecule has 3 rings (SSSR count). The van der Waals surface area contributed by atoms with Crippen LogP contribution >= 0.6 is 0 Å². The molecule has 3 aliphatic rings. The summed E-state index contributed by atoms with van der Waals surface area (Å²) >= 11 is 0. The van der Waals surface area contributed by atoms with Crippen LogP contribution in [0.1, 0.15) is 33.1 Å². The summed E-state index contributed by atoms with van der Waals surface area (Å²) in [5, 5.41) is 0. The van der Waals surface area contributed by atoms with Crippen LogP contribution in [0.25, 0.3) is 0 Å². The van der Waals surface area contributed by atoms with Gasteiger partial charge in [0.2, 0.25) is 0 Å². The lowest BCUT2D eigenvalue weighted by Crippen LogP contribution is -2.50. The average molecular weight is 138 g/mol. The summed E-state index contributed by atoms with van der Waals surface area (Å²) in [6, 6.07) is 0. The molecule has 3 fully saturated rings. The van der Waals surface area contributed by atoms with Crippen molar-refractivity contribution < 1.29 is 4.79 Å². The Morgan fingerprint density at radius 1 is 1.30 bits per heavy atom. The molecule has 3 aliphatic carbocycles. The van der Waals surface area contributed by atoms with Crippen LogP contribution in [0.3, 0.4) is 0 Å². The molecule has 2 atom stereocenters. The molecule has 2 bridgehead atoms. The summed E-state index contributed by atoms with van der Waals surface area (Å²) in [5.41, 5.74) is 0.494. The van der Waals surface area contributed by atoms with E-state index >= 15 is 0 Å². The van der Waals surface area contributed by atoms with Crippen molar-refractivity contribution in [3.63, 3.8) is 0 Å². The summed E-state index contributed by atoms with van der Waals surface area (Å²) in [5.74, 6) is 1.94.